The first-order chi connectivity index (χ1) is 15.0. The highest BCUT2D eigenvalue weighted by atomic mass is 16.5. The van der Waals surface area contributed by atoms with Crippen LogP contribution in [0.25, 0.3) is 0 Å². The SMILES string of the molecule is C[C@]12C[C@@]34C=CC(O)[C@@](C)(CCC(=O)Nc5c(O)ccc(C(=O)O)c5O)[C@@H]3[C@H](C[C@@H]1C4)O2. The third-order valence-corrected chi connectivity index (χ3v) is 8.64. The second-order valence-electron chi connectivity index (χ2n) is 10.5. The highest BCUT2D eigenvalue weighted by Crippen LogP contribution is 2.72. The van der Waals surface area contributed by atoms with Crippen molar-refractivity contribution >= 4 is 17.6 Å². The number of hydrogen-bond acceptors (Lipinski definition) is 6. The summed E-state index contributed by atoms with van der Waals surface area (Å²) in [6.07, 6.45) is 6.78. The van der Waals surface area contributed by atoms with Crippen LogP contribution in [0.2, 0.25) is 0 Å². The highest BCUT2D eigenvalue weighted by molar-refractivity contribution is 5.99. The van der Waals surface area contributed by atoms with Gasteiger partial charge in [0.25, 0.3) is 0 Å². The van der Waals surface area contributed by atoms with Gasteiger partial charge >= 0.3 is 5.97 Å². The minimum atomic E-state index is -1.37. The van der Waals surface area contributed by atoms with Crippen LogP contribution in [0.15, 0.2) is 24.3 Å². The monoisotopic (exact) mass is 443 g/mol. The molecule has 4 bridgehead atoms. The Balaban J connectivity index is 1.35. The molecule has 5 aliphatic rings. The molecule has 0 radical (unpaired) electrons. The van der Waals surface area contributed by atoms with Crippen LogP contribution in [-0.2, 0) is 9.53 Å². The van der Waals surface area contributed by atoms with Crippen LogP contribution in [0, 0.1) is 22.7 Å². The van der Waals surface area contributed by atoms with Gasteiger partial charge in [0.05, 0.1) is 17.8 Å². The largest absolute Gasteiger partial charge is 0.506 e. The summed E-state index contributed by atoms with van der Waals surface area (Å²) in [5, 5.41) is 42.7. The molecule has 32 heavy (non-hydrogen) atoms. The van der Waals surface area contributed by atoms with Crippen LogP contribution in [0.4, 0.5) is 5.69 Å². The van der Waals surface area contributed by atoms with Crippen molar-refractivity contribution in [2.24, 2.45) is 22.7 Å². The van der Waals surface area contributed by atoms with Crippen LogP contribution in [0.1, 0.15) is 56.3 Å². The average Bonchev–Trinajstić information content (AvgIpc) is 3.08. The number of carboxylic acids is 1. The molecule has 2 saturated heterocycles. The summed E-state index contributed by atoms with van der Waals surface area (Å²) in [5.41, 5.74) is -1.42. The smallest absolute Gasteiger partial charge is 0.339 e. The van der Waals surface area contributed by atoms with Gasteiger partial charge in [-0.15, -0.1) is 0 Å². The molecule has 8 nitrogen and oxygen atoms in total. The van der Waals surface area contributed by atoms with Crippen molar-refractivity contribution in [3.05, 3.63) is 29.8 Å². The fourth-order valence-electron chi connectivity index (χ4n) is 7.26. The van der Waals surface area contributed by atoms with Crippen LogP contribution in [-0.4, -0.2) is 50.1 Å². The Morgan fingerprint density at radius 2 is 2.00 bits per heavy atom. The Kier molecular flexibility index (Phi) is 4.46. The zero-order valence-electron chi connectivity index (χ0n) is 18.2. The molecule has 2 aliphatic heterocycles. The molecular formula is C24H29NO7. The number of phenolic OH excluding ortho intramolecular Hbond substituents is 1. The first-order valence-corrected chi connectivity index (χ1v) is 11.1. The van der Waals surface area contributed by atoms with Gasteiger partial charge < -0.3 is 30.5 Å². The molecule has 4 fully saturated rings. The molecule has 172 valence electrons. The van der Waals surface area contributed by atoms with E-state index in [1.807, 2.05) is 13.0 Å². The van der Waals surface area contributed by atoms with Gasteiger partial charge in [-0.1, -0.05) is 19.1 Å². The zero-order valence-corrected chi connectivity index (χ0v) is 18.2. The van der Waals surface area contributed by atoms with Crippen LogP contribution in [0.3, 0.4) is 0 Å². The third-order valence-electron chi connectivity index (χ3n) is 8.64. The fraction of sp³-hybridized carbons (Fsp3) is 0.583. The van der Waals surface area contributed by atoms with E-state index in [1.165, 1.54) is 0 Å². The van der Waals surface area contributed by atoms with Gasteiger partial charge in [-0.3, -0.25) is 4.79 Å². The first kappa shape index (κ1) is 21.3. The molecule has 1 amide bonds. The predicted octanol–water partition coefficient (Wildman–Crippen LogP) is 3.03. The van der Waals surface area contributed by atoms with E-state index in [2.05, 4.69) is 18.3 Å². The lowest BCUT2D eigenvalue weighted by molar-refractivity contribution is -0.179. The number of aromatic hydroxyl groups is 2. The number of aromatic carboxylic acids is 1. The summed E-state index contributed by atoms with van der Waals surface area (Å²) in [7, 11) is 0. The molecular weight excluding hydrogens is 414 g/mol. The Morgan fingerprint density at radius 1 is 1.25 bits per heavy atom. The van der Waals surface area contributed by atoms with Gasteiger partial charge in [0.2, 0.25) is 5.91 Å². The van der Waals surface area contributed by atoms with Gasteiger partial charge in [-0.2, -0.15) is 0 Å². The van der Waals surface area contributed by atoms with E-state index >= 15 is 0 Å². The molecule has 1 spiro atoms. The number of aliphatic hydroxyl groups is 1. The molecule has 3 aliphatic carbocycles. The molecule has 2 heterocycles. The van der Waals surface area contributed by atoms with Crippen molar-refractivity contribution in [1.29, 1.82) is 0 Å². The number of nitrogens with one attached hydrogen (secondary N) is 1. The van der Waals surface area contributed by atoms with Gasteiger partial charge in [0, 0.05) is 17.8 Å². The van der Waals surface area contributed by atoms with Crippen LogP contribution in [0.5, 0.6) is 11.5 Å². The third kappa shape index (κ3) is 2.82. The second-order valence-corrected chi connectivity index (χ2v) is 10.5. The van der Waals surface area contributed by atoms with Crippen LogP contribution < -0.4 is 5.32 Å². The normalized spacial score (nSPS) is 41.0. The van der Waals surface area contributed by atoms with E-state index in [0.29, 0.717) is 12.3 Å². The minimum absolute atomic E-state index is 0.0165. The summed E-state index contributed by atoms with van der Waals surface area (Å²) < 4.78 is 6.45. The Bertz CT molecular complexity index is 1040. The summed E-state index contributed by atoms with van der Waals surface area (Å²) in [6.45, 7) is 4.20. The van der Waals surface area contributed by atoms with Gasteiger partial charge in [0.1, 0.15) is 17.0 Å². The van der Waals surface area contributed by atoms with Crippen molar-refractivity contribution in [3.8, 4) is 11.5 Å². The topological polar surface area (TPSA) is 136 Å². The first-order valence-electron chi connectivity index (χ1n) is 11.1. The number of allylic oxidation sites excluding steroid dienone is 1. The number of hydrogen-bond donors (Lipinski definition) is 5. The highest BCUT2D eigenvalue weighted by Gasteiger charge is 2.71. The molecule has 1 aromatic carbocycles. The molecule has 0 aromatic heterocycles. The summed E-state index contributed by atoms with van der Waals surface area (Å²) in [5.74, 6) is -2.32. The number of anilines is 1. The van der Waals surface area contributed by atoms with Crippen molar-refractivity contribution in [2.45, 2.75) is 63.8 Å². The van der Waals surface area contributed by atoms with Crippen molar-refractivity contribution in [3.63, 3.8) is 0 Å². The lowest BCUT2D eigenvalue weighted by atomic mass is 9.50. The zero-order chi connectivity index (χ0) is 23.1. The summed E-state index contributed by atoms with van der Waals surface area (Å²) >= 11 is 0. The number of amides is 1. The quantitative estimate of drug-likeness (QED) is 0.348. The Labute approximate surface area is 185 Å². The maximum Gasteiger partial charge on any atom is 0.339 e. The Hall–Kier alpha value is -2.58. The number of carboxylic acid groups (broad SMARTS) is 1. The number of benzene rings is 1. The lowest BCUT2D eigenvalue weighted by Crippen LogP contribution is -2.57. The van der Waals surface area contributed by atoms with E-state index in [9.17, 15) is 24.9 Å². The Morgan fingerprint density at radius 3 is 2.69 bits per heavy atom. The van der Waals surface area contributed by atoms with Crippen molar-refractivity contribution in [1.82, 2.24) is 0 Å². The molecule has 8 heteroatoms. The number of phenols is 2. The summed E-state index contributed by atoms with van der Waals surface area (Å²) in [4.78, 5) is 24.0. The lowest BCUT2D eigenvalue weighted by Gasteiger charge is -2.57. The van der Waals surface area contributed by atoms with E-state index in [4.69, 9.17) is 9.84 Å². The molecule has 5 N–H and O–H groups in total. The van der Waals surface area contributed by atoms with Gasteiger partial charge in [-0.05, 0) is 56.1 Å². The number of ether oxygens (including phenoxy) is 1. The molecule has 7 atom stereocenters. The van der Waals surface area contributed by atoms with Crippen molar-refractivity contribution < 1.29 is 34.8 Å². The number of aliphatic hydroxyl groups excluding tert-OH is 1. The second kappa shape index (κ2) is 6.71. The van der Waals surface area contributed by atoms with E-state index in [1.54, 1.807) is 0 Å². The van der Waals surface area contributed by atoms with Gasteiger partial charge in [0.15, 0.2) is 5.75 Å². The van der Waals surface area contributed by atoms with Gasteiger partial charge in [-0.25, -0.2) is 4.79 Å². The minimum Gasteiger partial charge on any atom is -0.506 e. The maximum absolute atomic E-state index is 12.7. The molecule has 1 unspecified atom stereocenters. The van der Waals surface area contributed by atoms with E-state index < -0.39 is 40.5 Å². The standard InChI is InChI=1S/C24H29NO7/c1-22(7-6-17(28)25-18-14(26)4-3-13(19(18)29)21(30)31)16(27)5-8-24-10-12-9-15(20(22)24)32-23(12,2)11-24/h3-5,8,12,15-16,20,26-27,29H,6-7,9-11H2,1-2H3,(H,25,28)(H,30,31)/t12-,15+,16?,20+,22-,23+,24+/m1/s1. The maximum atomic E-state index is 12.7. The number of carbonyl (C=O) groups excluding carboxylic acids is 1. The number of carbonyl (C=O) groups is 2. The van der Waals surface area contributed by atoms with Crippen molar-refractivity contribution in [2.75, 3.05) is 5.32 Å². The predicted molar refractivity (Wildman–Crippen MR) is 114 cm³/mol. The fourth-order valence-corrected chi connectivity index (χ4v) is 7.26. The van der Waals surface area contributed by atoms with Crippen LogP contribution >= 0.6 is 0 Å². The molecule has 1 aromatic rings. The molecule has 2 saturated carbocycles. The number of rotatable bonds is 5. The average molecular weight is 443 g/mol. The summed E-state index contributed by atoms with van der Waals surface area (Å²) in [6, 6.07) is 2.18. The van der Waals surface area contributed by atoms with E-state index in [-0.39, 0.29) is 35.1 Å². The van der Waals surface area contributed by atoms with E-state index in [0.717, 1.165) is 31.4 Å². The molecule has 6 rings (SSSR count).